The molecule has 2 rings (SSSR count). The van der Waals surface area contributed by atoms with Crippen LogP contribution in [-0.4, -0.2) is 22.1 Å². The number of carbonyl (C=O) groups excluding carboxylic acids is 1. The molecule has 3 heteroatoms. The van der Waals surface area contributed by atoms with Crippen LogP contribution in [-0.2, 0) is 4.79 Å². The number of aliphatic hydroxyl groups is 1. The number of aliphatic imine (C=N–C) groups is 1. The van der Waals surface area contributed by atoms with Gasteiger partial charge in [0, 0.05) is 12.0 Å². The first-order valence-electron chi connectivity index (χ1n) is 7.70. The lowest BCUT2D eigenvalue weighted by Gasteiger charge is -2.32. The van der Waals surface area contributed by atoms with Crippen LogP contribution in [0.15, 0.2) is 40.9 Å². The van der Waals surface area contributed by atoms with Crippen molar-refractivity contribution >= 4 is 17.3 Å². The lowest BCUT2D eigenvalue weighted by atomic mass is 9.72. The van der Waals surface area contributed by atoms with Crippen molar-refractivity contribution in [2.24, 2.45) is 10.4 Å². The van der Waals surface area contributed by atoms with Gasteiger partial charge in [-0.2, -0.15) is 0 Å². The van der Waals surface area contributed by atoms with Gasteiger partial charge in [0.25, 0.3) is 0 Å². The maximum Gasteiger partial charge on any atom is 0.168 e. The van der Waals surface area contributed by atoms with E-state index in [1.807, 2.05) is 51.1 Å². The van der Waals surface area contributed by atoms with Crippen LogP contribution in [0.1, 0.15) is 53.0 Å². The zero-order valence-corrected chi connectivity index (χ0v) is 14.1. The number of benzene rings is 1. The second-order valence-electron chi connectivity index (χ2n) is 7.76. The van der Waals surface area contributed by atoms with Gasteiger partial charge in [0.15, 0.2) is 5.78 Å². The highest BCUT2D eigenvalue weighted by Gasteiger charge is 2.37. The minimum Gasteiger partial charge on any atom is -0.506 e. The maximum atomic E-state index is 12.6. The molecule has 118 valence electrons. The van der Waals surface area contributed by atoms with E-state index in [-0.39, 0.29) is 22.5 Å². The molecule has 0 spiro atoms. The highest BCUT2D eigenvalue weighted by molar-refractivity contribution is 6.28. The fraction of sp³-hybridized carbons (Fsp3) is 0.474. The van der Waals surface area contributed by atoms with Gasteiger partial charge in [0.2, 0.25) is 0 Å². The molecule has 1 aromatic carbocycles. The normalized spacial score (nSPS) is 22.8. The van der Waals surface area contributed by atoms with Crippen molar-refractivity contribution in [1.82, 2.24) is 0 Å². The van der Waals surface area contributed by atoms with Crippen LogP contribution in [0.5, 0.6) is 0 Å². The summed E-state index contributed by atoms with van der Waals surface area (Å²) in [5.74, 6) is 0.0182. The van der Waals surface area contributed by atoms with E-state index in [2.05, 4.69) is 13.8 Å². The molecule has 22 heavy (non-hydrogen) atoms. The highest BCUT2D eigenvalue weighted by Crippen LogP contribution is 2.37. The SMILES string of the molecule is CC1(C)CC(=O)C(=C(O)c2ccccc2)C(=NC(C)(C)C)C1. The molecule has 0 atom stereocenters. The summed E-state index contributed by atoms with van der Waals surface area (Å²) in [6, 6.07) is 9.21. The summed E-state index contributed by atoms with van der Waals surface area (Å²) in [6.07, 6.45) is 1.13. The first kappa shape index (κ1) is 16.5. The van der Waals surface area contributed by atoms with Crippen LogP contribution in [0.2, 0.25) is 0 Å². The zero-order valence-electron chi connectivity index (χ0n) is 14.1. The van der Waals surface area contributed by atoms with Crippen molar-refractivity contribution in [3.63, 3.8) is 0 Å². The molecule has 0 aliphatic heterocycles. The minimum absolute atomic E-state index is 0.0272. The second kappa shape index (κ2) is 5.71. The molecule has 1 aromatic rings. The van der Waals surface area contributed by atoms with E-state index >= 15 is 0 Å². The van der Waals surface area contributed by atoms with Gasteiger partial charge in [-0.25, -0.2) is 0 Å². The number of rotatable bonds is 1. The van der Waals surface area contributed by atoms with E-state index < -0.39 is 0 Å². The number of hydrogen-bond acceptors (Lipinski definition) is 3. The summed E-state index contributed by atoms with van der Waals surface area (Å²) in [5.41, 5.74) is 1.36. The summed E-state index contributed by atoms with van der Waals surface area (Å²) < 4.78 is 0. The van der Waals surface area contributed by atoms with Crippen LogP contribution in [0.3, 0.4) is 0 Å². The van der Waals surface area contributed by atoms with Gasteiger partial charge in [-0.1, -0.05) is 44.2 Å². The largest absolute Gasteiger partial charge is 0.506 e. The second-order valence-corrected chi connectivity index (χ2v) is 7.76. The van der Waals surface area contributed by atoms with Gasteiger partial charge >= 0.3 is 0 Å². The van der Waals surface area contributed by atoms with Crippen LogP contribution >= 0.6 is 0 Å². The van der Waals surface area contributed by atoms with E-state index in [1.54, 1.807) is 0 Å². The molecule has 0 unspecified atom stereocenters. The van der Waals surface area contributed by atoms with Crippen molar-refractivity contribution in [3.05, 3.63) is 41.5 Å². The lowest BCUT2D eigenvalue weighted by Crippen LogP contribution is -2.34. The maximum absolute atomic E-state index is 12.6. The number of ketones is 1. The van der Waals surface area contributed by atoms with Crippen molar-refractivity contribution in [2.75, 3.05) is 0 Å². The Labute approximate surface area is 132 Å². The first-order valence-corrected chi connectivity index (χ1v) is 7.70. The molecule has 0 heterocycles. The molecule has 1 aliphatic carbocycles. The van der Waals surface area contributed by atoms with E-state index in [0.29, 0.717) is 24.0 Å². The highest BCUT2D eigenvalue weighted by atomic mass is 16.3. The Kier molecular flexibility index (Phi) is 4.28. The van der Waals surface area contributed by atoms with Crippen LogP contribution in [0.25, 0.3) is 5.76 Å². The van der Waals surface area contributed by atoms with Crippen LogP contribution in [0.4, 0.5) is 0 Å². The number of nitrogens with zero attached hydrogens (tertiary/aromatic N) is 1. The van der Waals surface area contributed by atoms with Gasteiger partial charge in [-0.3, -0.25) is 9.79 Å². The Morgan fingerprint density at radius 3 is 2.27 bits per heavy atom. The summed E-state index contributed by atoms with van der Waals surface area (Å²) in [4.78, 5) is 17.3. The van der Waals surface area contributed by atoms with Gasteiger partial charge in [0.1, 0.15) is 5.76 Å². The summed E-state index contributed by atoms with van der Waals surface area (Å²) in [7, 11) is 0. The average molecular weight is 299 g/mol. The quantitative estimate of drug-likeness (QED) is 0.609. The Hall–Kier alpha value is -1.90. The molecule has 0 saturated heterocycles. The van der Waals surface area contributed by atoms with Crippen molar-refractivity contribution in [3.8, 4) is 0 Å². The molecule has 0 aromatic heterocycles. The molecule has 1 saturated carbocycles. The molecule has 0 amide bonds. The summed E-state index contributed by atoms with van der Waals surface area (Å²) in [6.45, 7) is 10.1. The first-order chi connectivity index (χ1) is 10.1. The third-order valence-corrected chi connectivity index (χ3v) is 3.61. The van der Waals surface area contributed by atoms with Crippen LogP contribution < -0.4 is 0 Å². The summed E-state index contributed by atoms with van der Waals surface area (Å²) in [5, 5.41) is 10.6. The van der Waals surface area contributed by atoms with Crippen LogP contribution in [0, 0.1) is 5.41 Å². The monoisotopic (exact) mass is 299 g/mol. The predicted molar refractivity (Wildman–Crippen MR) is 91.2 cm³/mol. The third-order valence-electron chi connectivity index (χ3n) is 3.61. The topological polar surface area (TPSA) is 49.7 Å². The molecular weight excluding hydrogens is 274 g/mol. The number of allylic oxidation sites excluding steroid dienone is 1. The molecule has 0 bridgehead atoms. The molecule has 1 N–H and O–H groups in total. The molecule has 3 nitrogen and oxygen atoms in total. The Morgan fingerprint density at radius 1 is 1.14 bits per heavy atom. The van der Waals surface area contributed by atoms with Gasteiger partial charge in [0.05, 0.1) is 16.8 Å². The van der Waals surface area contributed by atoms with Crippen molar-refractivity contribution < 1.29 is 9.90 Å². The fourth-order valence-electron chi connectivity index (χ4n) is 2.80. The predicted octanol–water partition coefficient (Wildman–Crippen LogP) is 4.58. The molecule has 1 aliphatic rings. The lowest BCUT2D eigenvalue weighted by molar-refractivity contribution is -0.117. The third kappa shape index (κ3) is 3.85. The number of carbonyl (C=O) groups is 1. The molecule has 0 radical (unpaired) electrons. The van der Waals surface area contributed by atoms with Crippen molar-refractivity contribution in [1.29, 1.82) is 0 Å². The summed E-state index contributed by atoms with van der Waals surface area (Å²) >= 11 is 0. The number of hydrogen-bond donors (Lipinski definition) is 1. The average Bonchev–Trinajstić information content (AvgIpc) is 2.35. The van der Waals surface area contributed by atoms with E-state index in [9.17, 15) is 9.90 Å². The smallest absolute Gasteiger partial charge is 0.168 e. The minimum atomic E-state index is -0.286. The van der Waals surface area contributed by atoms with Gasteiger partial charge in [-0.15, -0.1) is 0 Å². The van der Waals surface area contributed by atoms with E-state index in [0.717, 1.165) is 5.71 Å². The zero-order chi connectivity index (χ0) is 16.5. The number of aliphatic hydroxyl groups excluding tert-OH is 1. The van der Waals surface area contributed by atoms with Gasteiger partial charge < -0.3 is 5.11 Å². The van der Waals surface area contributed by atoms with E-state index in [1.165, 1.54) is 0 Å². The van der Waals surface area contributed by atoms with Gasteiger partial charge in [-0.05, 0) is 32.6 Å². The fourth-order valence-corrected chi connectivity index (χ4v) is 2.80. The number of Topliss-reactive ketones (excluding diaryl/α,β-unsaturated/α-hetero) is 1. The standard InChI is InChI=1S/C19H25NO2/c1-18(2,3)20-14-11-19(4,5)12-15(21)16(14)17(22)13-9-7-6-8-10-13/h6-10,22H,11-12H2,1-5H3. The Balaban J connectivity index is 2.60. The Bertz CT molecular complexity index is 631. The Morgan fingerprint density at radius 2 is 1.73 bits per heavy atom. The molecular formula is C19H25NO2. The molecule has 1 fully saturated rings. The van der Waals surface area contributed by atoms with Crippen molar-refractivity contribution in [2.45, 2.75) is 53.0 Å². The van der Waals surface area contributed by atoms with E-state index in [4.69, 9.17) is 4.99 Å².